The van der Waals surface area contributed by atoms with Gasteiger partial charge in [0, 0.05) is 5.56 Å². The van der Waals surface area contributed by atoms with Crippen LogP contribution in [0.4, 0.5) is 13.2 Å². The molecule has 0 spiro atoms. The van der Waals surface area contributed by atoms with Crippen molar-refractivity contribution < 1.29 is 27.4 Å². The zero-order chi connectivity index (χ0) is 16.9. The predicted octanol–water partition coefficient (Wildman–Crippen LogP) is 4.39. The molecule has 2 rings (SSSR count). The minimum atomic E-state index is -4.48. The summed E-state index contributed by atoms with van der Waals surface area (Å²) in [6.45, 7) is 1.79. The lowest BCUT2D eigenvalue weighted by Crippen LogP contribution is -2.21. The molecule has 0 aromatic heterocycles. The summed E-state index contributed by atoms with van der Waals surface area (Å²) in [5, 5.41) is 0. The van der Waals surface area contributed by atoms with Gasteiger partial charge in [-0.3, -0.25) is 0 Å². The summed E-state index contributed by atoms with van der Waals surface area (Å²) in [5.74, 6) is -0.710. The Kier molecular flexibility index (Phi) is 5.26. The van der Waals surface area contributed by atoms with Crippen molar-refractivity contribution in [3.8, 4) is 5.75 Å². The monoisotopic (exact) mass is 324 g/mol. The largest absolute Gasteiger partial charge is 0.474 e. The second-order valence-electron chi connectivity index (χ2n) is 4.69. The highest BCUT2D eigenvalue weighted by atomic mass is 19.4. The fourth-order valence-electron chi connectivity index (χ4n) is 1.98. The Hall–Kier alpha value is -2.50. The van der Waals surface area contributed by atoms with E-state index in [-0.39, 0.29) is 12.4 Å². The maximum absolute atomic E-state index is 12.8. The molecule has 23 heavy (non-hydrogen) atoms. The van der Waals surface area contributed by atoms with E-state index in [2.05, 4.69) is 0 Å². The first-order valence-electron chi connectivity index (χ1n) is 6.97. The summed E-state index contributed by atoms with van der Waals surface area (Å²) in [6, 6.07) is 12.9. The number of halogens is 3. The van der Waals surface area contributed by atoms with Gasteiger partial charge < -0.3 is 9.47 Å². The number of ether oxygens (including phenoxy) is 2. The van der Waals surface area contributed by atoms with E-state index in [1.54, 1.807) is 37.3 Å². The van der Waals surface area contributed by atoms with Crippen molar-refractivity contribution in [3.63, 3.8) is 0 Å². The van der Waals surface area contributed by atoms with Crippen molar-refractivity contribution >= 4 is 5.97 Å². The molecule has 0 bridgehead atoms. The van der Waals surface area contributed by atoms with E-state index in [4.69, 9.17) is 9.47 Å². The Labute approximate surface area is 131 Å². The van der Waals surface area contributed by atoms with Gasteiger partial charge >= 0.3 is 12.1 Å². The SMILES string of the molecule is CCOC(=O)C(Oc1cccc(C(F)(F)F)c1)c1ccccc1. The summed E-state index contributed by atoms with van der Waals surface area (Å²) < 4.78 is 48.7. The van der Waals surface area contributed by atoms with E-state index in [9.17, 15) is 18.0 Å². The molecule has 0 aliphatic heterocycles. The Morgan fingerprint density at radius 3 is 2.39 bits per heavy atom. The molecule has 0 saturated heterocycles. The lowest BCUT2D eigenvalue weighted by atomic mass is 10.1. The van der Waals surface area contributed by atoms with Crippen LogP contribution in [0.5, 0.6) is 5.75 Å². The van der Waals surface area contributed by atoms with Crippen molar-refractivity contribution in [2.45, 2.75) is 19.2 Å². The van der Waals surface area contributed by atoms with Crippen LogP contribution in [0.3, 0.4) is 0 Å². The van der Waals surface area contributed by atoms with Gasteiger partial charge in [-0.1, -0.05) is 36.4 Å². The summed E-state index contributed by atoms with van der Waals surface area (Å²) >= 11 is 0. The Morgan fingerprint density at radius 1 is 1.09 bits per heavy atom. The Bertz CT molecular complexity index is 654. The number of benzene rings is 2. The normalized spacial score (nSPS) is 12.5. The molecule has 6 heteroatoms. The highest BCUT2D eigenvalue weighted by molar-refractivity contribution is 5.77. The summed E-state index contributed by atoms with van der Waals surface area (Å²) in [5.41, 5.74) is -0.339. The molecule has 0 heterocycles. The molecule has 3 nitrogen and oxygen atoms in total. The van der Waals surface area contributed by atoms with Crippen molar-refractivity contribution in [1.29, 1.82) is 0 Å². The Morgan fingerprint density at radius 2 is 1.78 bits per heavy atom. The van der Waals surface area contributed by atoms with Crippen molar-refractivity contribution in [1.82, 2.24) is 0 Å². The third-order valence-electron chi connectivity index (χ3n) is 3.02. The quantitative estimate of drug-likeness (QED) is 0.765. The van der Waals surface area contributed by atoms with Crippen LogP contribution in [0.15, 0.2) is 54.6 Å². The lowest BCUT2D eigenvalue weighted by Gasteiger charge is -2.18. The van der Waals surface area contributed by atoms with Crippen LogP contribution in [0.25, 0.3) is 0 Å². The van der Waals surface area contributed by atoms with Crippen LogP contribution in [0.1, 0.15) is 24.2 Å². The third-order valence-corrected chi connectivity index (χ3v) is 3.02. The van der Waals surface area contributed by atoms with E-state index >= 15 is 0 Å². The van der Waals surface area contributed by atoms with Crippen molar-refractivity contribution in [2.24, 2.45) is 0 Å². The Balaban J connectivity index is 2.30. The van der Waals surface area contributed by atoms with Crippen LogP contribution in [-0.4, -0.2) is 12.6 Å². The first kappa shape index (κ1) is 16.9. The van der Waals surface area contributed by atoms with Gasteiger partial charge in [0.2, 0.25) is 6.10 Å². The number of alkyl halides is 3. The second-order valence-corrected chi connectivity index (χ2v) is 4.69. The molecular weight excluding hydrogens is 309 g/mol. The number of esters is 1. The number of hydrogen-bond acceptors (Lipinski definition) is 3. The number of hydrogen-bond donors (Lipinski definition) is 0. The molecule has 0 amide bonds. The van der Waals surface area contributed by atoms with Gasteiger partial charge in [0.05, 0.1) is 12.2 Å². The number of carbonyl (C=O) groups is 1. The minimum Gasteiger partial charge on any atom is -0.474 e. The zero-order valence-electron chi connectivity index (χ0n) is 12.3. The first-order valence-corrected chi connectivity index (χ1v) is 6.97. The van der Waals surface area contributed by atoms with Gasteiger partial charge in [-0.2, -0.15) is 13.2 Å². The van der Waals surface area contributed by atoms with Crippen LogP contribution < -0.4 is 4.74 Å². The summed E-state index contributed by atoms with van der Waals surface area (Å²) in [4.78, 5) is 12.1. The van der Waals surface area contributed by atoms with E-state index in [0.717, 1.165) is 12.1 Å². The molecule has 2 aromatic carbocycles. The van der Waals surface area contributed by atoms with Gasteiger partial charge in [0.1, 0.15) is 5.75 Å². The lowest BCUT2D eigenvalue weighted by molar-refractivity contribution is -0.151. The van der Waals surface area contributed by atoms with E-state index in [0.29, 0.717) is 5.56 Å². The molecule has 0 fully saturated rings. The predicted molar refractivity (Wildman–Crippen MR) is 77.9 cm³/mol. The van der Waals surface area contributed by atoms with Crippen LogP contribution in [0, 0.1) is 0 Å². The average Bonchev–Trinajstić information content (AvgIpc) is 2.53. The van der Waals surface area contributed by atoms with Crippen molar-refractivity contribution in [2.75, 3.05) is 6.61 Å². The molecule has 1 unspecified atom stereocenters. The smallest absolute Gasteiger partial charge is 0.416 e. The molecular formula is C17H15F3O3. The molecule has 0 radical (unpaired) electrons. The molecule has 0 N–H and O–H groups in total. The molecule has 0 saturated carbocycles. The molecule has 0 aliphatic carbocycles. The summed E-state index contributed by atoms with van der Waals surface area (Å²) in [7, 11) is 0. The summed E-state index contributed by atoms with van der Waals surface area (Å²) in [6.07, 6.45) is -5.61. The number of carbonyl (C=O) groups excluding carboxylic acids is 1. The standard InChI is InChI=1S/C17H15F3O3/c1-2-22-16(21)15(12-7-4-3-5-8-12)23-14-10-6-9-13(11-14)17(18,19)20/h3-11,15H,2H2,1H3. The van der Waals surface area contributed by atoms with Crippen molar-refractivity contribution in [3.05, 3.63) is 65.7 Å². The third kappa shape index (κ3) is 4.48. The van der Waals surface area contributed by atoms with Gasteiger partial charge in [-0.15, -0.1) is 0 Å². The fourth-order valence-corrected chi connectivity index (χ4v) is 1.98. The van der Waals surface area contributed by atoms with Crippen LogP contribution in [-0.2, 0) is 15.7 Å². The molecule has 2 aromatic rings. The first-order chi connectivity index (χ1) is 10.9. The van der Waals surface area contributed by atoms with Gasteiger partial charge in [0.25, 0.3) is 0 Å². The van der Waals surface area contributed by atoms with Crippen LogP contribution in [0.2, 0.25) is 0 Å². The van der Waals surface area contributed by atoms with E-state index < -0.39 is 23.8 Å². The van der Waals surface area contributed by atoms with Crippen LogP contribution >= 0.6 is 0 Å². The molecule has 122 valence electrons. The minimum absolute atomic E-state index is 0.0540. The van der Waals surface area contributed by atoms with E-state index in [1.165, 1.54) is 12.1 Å². The van der Waals surface area contributed by atoms with Gasteiger partial charge in [-0.05, 0) is 25.1 Å². The molecule has 1 atom stereocenters. The highest BCUT2D eigenvalue weighted by Crippen LogP contribution is 2.32. The highest BCUT2D eigenvalue weighted by Gasteiger charge is 2.31. The van der Waals surface area contributed by atoms with Gasteiger partial charge in [-0.25, -0.2) is 4.79 Å². The maximum Gasteiger partial charge on any atom is 0.416 e. The van der Waals surface area contributed by atoms with Gasteiger partial charge in [0.15, 0.2) is 0 Å². The average molecular weight is 324 g/mol. The second kappa shape index (κ2) is 7.17. The van der Waals surface area contributed by atoms with E-state index in [1.807, 2.05) is 0 Å². The number of rotatable bonds is 5. The fraction of sp³-hybridized carbons (Fsp3) is 0.235. The molecule has 0 aliphatic rings. The maximum atomic E-state index is 12.8. The topological polar surface area (TPSA) is 35.5 Å². The zero-order valence-corrected chi connectivity index (χ0v) is 12.3.